The summed E-state index contributed by atoms with van der Waals surface area (Å²) in [4.78, 5) is 27.0. The zero-order chi connectivity index (χ0) is 27.0. The van der Waals surface area contributed by atoms with E-state index >= 15 is 0 Å². The van der Waals surface area contributed by atoms with E-state index in [0.717, 1.165) is 4.90 Å². The summed E-state index contributed by atoms with van der Waals surface area (Å²) in [7, 11) is 2.96. The third kappa shape index (κ3) is 6.77. The highest BCUT2D eigenvalue weighted by molar-refractivity contribution is 6.15. The molecule has 0 heterocycles. The van der Waals surface area contributed by atoms with Gasteiger partial charge in [-0.05, 0) is 75.6 Å². The van der Waals surface area contributed by atoms with Crippen LogP contribution in [-0.4, -0.2) is 44.5 Å². The van der Waals surface area contributed by atoms with Crippen LogP contribution < -0.4 is 24.8 Å². The quantitative estimate of drug-likeness (QED) is 0.524. The lowest BCUT2D eigenvalue weighted by molar-refractivity contribution is -0.119. The molecular weight excluding hydrogens is 462 g/mol. The Hall–Kier alpha value is -4.03. The van der Waals surface area contributed by atoms with E-state index in [2.05, 4.69) is 6.07 Å². The molecule has 0 fully saturated rings. The monoisotopic (exact) mass is 495 g/mol. The Morgan fingerprint density at radius 1 is 1.06 bits per heavy atom. The maximum absolute atomic E-state index is 13.1. The summed E-state index contributed by atoms with van der Waals surface area (Å²) in [5.74, 6) is 0.636. The van der Waals surface area contributed by atoms with E-state index in [0.29, 0.717) is 34.8 Å². The van der Waals surface area contributed by atoms with E-state index in [1.807, 2.05) is 6.92 Å². The summed E-state index contributed by atoms with van der Waals surface area (Å²) in [6, 6.07) is 11.3. The van der Waals surface area contributed by atoms with E-state index < -0.39 is 23.6 Å². The number of imide groups is 1. The molecule has 2 amide bonds. The van der Waals surface area contributed by atoms with Crippen LogP contribution in [0.1, 0.15) is 45.7 Å². The number of hydrogen-bond acceptors (Lipinski definition) is 8. The fourth-order valence-electron chi connectivity index (χ4n) is 3.36. The van der Waals surface area contributed by atoms with Gasteiger partial charge in [-0.2, -0.15) is 5.26 Å². The number of amides is 2. The van der Waals surface area contributed by atoms with Crippen molar-refractivity contribution in [3.05, 3.63) is 53.6 Å². The maximum atomic E-state index is 13.1. The molecule has 9 heteroatoms. The van der Waals surface area contributed by atoms with Crippen LogP contribution in [0.2, 0.25) is 0 Å². The molecule has 0 radical (unpaired) electrons. The normalized spacial score (nSPS) is 12.2. The predicted octanol–water partition coefficient (Wildman–Crippen LogP) is 4.67. The lowest BCUT2D eigenvalue weighted by Crippen LogP contribution is -2.47. The zero-order valence-electron chi connectivity index (χ0n) is 21.7. The topological polar surface area (TPSA) is 124 Å². The summed E-state index contributed by atoms with van der Waals surface area (Å²) >= 11 is 0. The van der Waals surface area contributed by atoms with Crippen molar-refractivity contribution in [2.75, 3.05) is 25.7 Å². The molecule has 2 aromatic rings. The van der Waals surface area contributed by atoms with Gasteiger partial charge in [-0.25, -0.2) is 9.69 Å². The average Bonchev–Trinajstić information content (AvgIpc) is 2.81. The van der Waals surface area contributed by atoms with Crippen LogP contribution in [0.3, 0.4) is 0 Å². The van der Waals surface area contributed by atoms with Gasteiger partial charge < -0.3 is 24.7 Å². The van der Waals surface area contributed by atoms with Crippen molar-refractivity contribution in [2.24, 2.45) is 5.73 Å². The third-order valence-corrected chi connectivity index (χ3v) is 4.90. The predicted molar refractivity (Wildman–Crippen MR) is 137 cm³/mol. The van der Waals surface area contributed by atoms with Crippen LogP contribution in [0, 0.1) is 11.3 Å². The maximum Gasteiger partial charge on any atom is 0.421 e. The number of hydrogen-bond donors (Lipinski definition) is 1. The molecule has 0 spiro atoms. The highest BCUT2D eigenvalue weighted by atomic mass is 16.6. The van der Waals surface area contributed by atoms with Crippen LogP contribution in [-0.2, 0) is 9.53 Å². The van der Waals surface area contributed by atoms with Crippen molar-refractivity contribution < 1.29 is 28.5 Å². The molecule has 0 aliphatic rings. The number of nitriles is 1. The molecule has 1 atom stereocenters. The van der Waals surface area contributed by atoms with Crippen LogP contribution in [0.4, 0.5) is 10.5 Å². The van der Waals surface area contributed by atoms with Gasteiger partial charge in [0.1, 0.15) is 11.4 Å². The second-order valence-corrected chi connectivity index (χ2v) is 8.82. The molecule has 0 aliphatic carbocycles. The number of anilines is 1. The van der Waals surface area contributed by atoms with Crippen molar-refractivity contribution in [3.63, 3.8) is 0 Å². The Kier molecular flexibility index (Phi) is 9.47. The summed E-state index contributed by atoms with van der Waals surface area (Å²) < 4.78 is 22.0. The van der Waals surface area contributed by atoms with Crippen molar-refractivity contribution in [3.8, 4) is 23.3 Å². The fraction of sp³-hybridized carbons (Fsp3) is 0.370. The van der Waals surface area contributed by atoms with Crippen molar-refractivity contribution in [2.45, 2.75) is 46.3 Å². The Bertz CT molecular complexity index is 1180. The lowest BCUT2D eigenvalue weighted by atomic mass is 9.96. The number of methoxy groups -OCH3 is 2. The highest BCUT2D eigenvalue weighted by Gasteiger charge is 2.33. The summed E-state index contributed by atoms with van der Waals surface area (Å²) in [5, 5.41) is 9.53. The molecule has 2 rings (SSSR count). The second-order valence-electron chi connectivity index (χ2n) is 8.82. The number of nitrogens with zero attached hydrogens (tertiary/aromatic N) is 2. The van der Waals surface area contributed by atoms with Crippen LogP contribution >= 0.6 is 0 Å². The Balaban J connectivity index is 2.73. The first-order chi connectivity index (χ1) is 17.0. The van der Waals surface area contributed by atoms with Crippen LogP contribution in [0.25, 0.3) is 5.57 Å². The molecule has 0 saturated carbocycles. The minimum atomic E-state index is -0.990. The molecule has 2 aromatic carbocycles. The first kappa shape index (κ1) is 28.2. The van der Waals surface area contributed by atoms with Gasteiger partial charge in [-0.3, -0.25) is 4.79 Å². The number of rotatable bonds is 8. The van der Waals surface area contributed by atoms with Crippen molar-refractivity contribution >= 4 is 23.3 Å². The van der Waals surface area contributed by atoms with E-state index in [1.165, 1.54) is 20.1 Å². The third-order valence-electron chi connectivity index (χ3n) is 4.90. The zero-order valence-corrected chi connectivity index (χ0v) is 21.7. The minimum absolute atomic E-state index is 0.133. The first-order valence-electron chi connectivity index (χ1n) is 11.4. The summed E-state index contributed by atoms with van der Waals surface area (Å²) in [6.45, 7) is 8.84. The van der Waals surface area contributed by atoms with Gasteiger partial charge in [-0.1, -0.05) is 12.1 Å². The molecule has 0 saturated heterocycles. The standard InChI is InChI=1S/C27H33N3O6/c1-8-35-24-16-19(10-12-23(24)34-7)20(13-14-28)18-9-11-22(33-6)21(15-18)30(25(31)17(2)29)26(32)36-27(3,4)5/h9-13,15-17H,8,29H2,1-7H3. The Morgan fingerprint density at radius 2 is 1.64 bits per heavy atom. The Labute approximate surface area is 212 Å². The van der Waals surface area contributed by atoms with Crippen LogP contribution in [0.15, 0.2) is 42.5 Å². The number of benzene rings is 2. The molecule has 2 N–H and O–H groups in total. The summed E-state index contributed by atoms with van der Waals surface area (Å²) in [5.41, 5.74) is 6.87. The molecule has 1 unspecified atom stereocenters. The van der Waals surface area contributed by atoms with Crippen molar-refractivity contribution in [1.29, 1.82) is 5.26 Å². The molecule has 0 aliphatic heterocycles. The molecule has 0 bridgehead atoms. The number of nitrogens with two attached hydrogens (primary N) is 1. The first-order valence-corrected chi connectivity index (χ1v) is 11.4. The smallest absolute Gasteiger partial charge is 0.421 e. The fourth-order valence-corrected chi connectivity index (χ4v) is 3.36. The number of carbonyl (C=O) groups excluding carboxylic acids is 2. The molecular formula is C27H33N3O6. The molecule has 9 nitrogen and oxygen atoms in total. The van der Waals surface area contributed by atoms with Crippen LogP contribution in [0.5, 0.6) is 17.2 Å². The van der Waals surface area contributed by atoms with Gasteiger partial charge in [0, 0.05) is 6.08 Å². The highest BCUT2D eigenvalue weighted by Crippen LogP contribution is 2.37. The molecule has 192 valence electrons. The van der Waals surface area contributed by atoms with E-state index in [-0.39, 0.29) is 11.4 Å². The number of ether oxygens (including phenoxy) is 4. The summed E-state index contributed by atoms with van der Waals surface area (Å²) in [6.07, 6.45) is 0.475. The van der Waals surface area contributed by atoms with Gasteiger partial charge >= 0.3 is 6.09 Å². The van der Waals surface area contributed by atoms with Gasteiger partial charge in [0.05, 0.1) is 38.6 Å². The molecule has 0 aromatic heterocycles. The van der Waals surface area contributed by atoms with Gasteiger partial charge in [0.25, 0.3) is 5.91 Å². The van der Waals surface area contributed by atoms with Gasteiger partial charge in [0.2, 0.25) is 0 Å². The van der Waals surface area contributed by atoms with E-state index in [4.69, 9.17) is 24.7 Å². The average molecular weight is 496 g/mol. The van der Waals surface area contributed by atoms with Gasteiger partial charge in [-0.15, -0.1) is 0 Å². The lowest BCUT2D eigenvalue weighted by Gasteiger charge is -2.28. The van der Waals surface area contributed by atoms with E-state index in [1.54, 1.807) is 64.3 Å². The largest absolute Gasteiger partial charge is 0.495 e. The minimum Gasteiger partial charge on any atom is -0.495 e. The number of allylic oxidation sites excluding steroid dienone is 1. The van der Waals surface area contributed by atoms with Gasteiger partial charge in [0.15, 0.2) is 11.5 Å². The SMILES string of the molecule is CCOc1cc(C(=CC#N)c2ccc(OC)c(N(C(=O)OC(C)(C)C)C(=O)C(C)N)c2)ccc1OC. The Morgan fingerprint density at radius 3 is 2.14 bits per heavy atom. The second kappa shape index (κ2) is 12.1. The number of carbonyl (C=O) groups is 2. The molecule has 36 heavy (non-hydrogen) atoms. The van der Waals surface area contributed by atoms with E-state index in [9.17, 15) is 14.9 Å². The van der Waals surface area contributed by atoms with Crippen molar-refractivity contribution in [1.82, 2.24) is 0 Å².